The molecule has 0 aliphatic heterocycles. The minimum absolute atomic E-state index is 0.232. The first-order valence-corrected chi connectivity index (χ1v) is 18.8. The number of allylic oxidation sites excluding steroid dienone is 8. The van der Waals surface area contributed by atoms with E-state index >= 15 is 0 Å². The van der Waals surface area contributed by atoms with Crippen molar-refractivity contribution in [1.82, 2.24) is 0 Å². The molecule has 0 spiro atoms. The molecule has 2 atom stereocenters. The molecule has 0 saturated carbocycles. The number of para-hydroxylation sites is 1. The summed E-state index contributed by atoms with van der Waals surface area (Å²) < 4.78 is 12.8. The van der Waals surface area contributed by atoms with E-state index < -0.39 is 0 Å². The lowest BCUT2D eigenvalue weighted by molar-refractivity contribution is 0.668. The van der Waals surface area contributed by atoms with Crippen LogP contribution < -0.4 is 0 Å². The van der Waals surface area contributed by atoms with Crippen LogP contribution in [0.1, 0.15) is 11.1 Å². The zero-order valence-electron chi connectivity index (χ0n) is 29.3. The second kappa shape index (κ2) is 11.3. The summed E-state index contributed by atoms with van der Waals surface area (Å²) in [7, 11) is 0. The van der Waals surface area contributed by atoms with Crippen LogP contribution in [-0.4, -0.2) is 0 Å². The molecule has 2 aliphatic carbocycles. The predicted octanol–water partition coefficient (Wildman–Crippen LogP) is 14.5. The van der Waals surface area contributed by atoms with Crippen LogP contribution in [0.15, 0.2) is 191 Å². The number of benzene rings is 8. The topological polar surface area (TPSA) is 26.3 Å². The van der Waals surface area contributed by atoms with Gasteiger partial charge in [0.25, 0.3) is 0 Å². The quantitative estimate of drug-likeness (QED) is 0.173. The molecule has 0 amide bonds. The van der Waals surface area contributed by atoms with Gasteiger partial charge in [0, 0.05) is 33.4 Å². The SMILES string of the molecule is C1=CC2C(c3ccccc3)=CC=C(c3c4ccccc4c(-c4ccc5oc6cc7ccc8oc9ccccc9c8c7cc6c5c4)c4ccccc34)C2C=C1. The molecule has 10 aromatic rings. The van der Waals surface area contributed by atoms with E-state index in [0.717, 1.165) is 49.3 Å². The first-order chi connectivity index (χ1) is 26.8. The maximum absolute atomic E-state index is 6.55. The maximum Gasteiger partial charge on any atom is 0.136 e. The summed E-state index contributed by atoms with van der Waals surface area (Å²) in [5, 5.41) is 11.9. The van der Waals surface area contributed by atoms with E-state index in [0.29, 0.717) is 0 Å². The molecule has 2 aliphatic rings. The summed E-state index contributed by atoms with van der Waals surface area (Å²) in [6.45, 7) is 0. The van der Waals surface area contributed by atoms with Gasteiger partial charge < -0.3 is 8.83 Å². The van der Waals surface area contributed by atoms with Gasteiger partial charge in [-0.25, -0.2) is 0 Å². The Morgan fingerprint density at radius 1 is 0.352 bits per heavy atom. The minimum atomic E-state index is 0.232. The van der Waals surface area contributed by atoms with Gasteiger partial charge in [-0.05, 0) is 102 Å². The van der Waals surface area contributed by atoms with Crippen LogP contribution in [0.4, 0.5) is 0 Å². The predicted molar refractivity (Wildman–Crippen MR) is 227 cm³/mol. The van der Waals surface area contributed by atoms with E-state index in [2.05, 4.69) is 170 Å². The molecule has 2 heterocycles. The summed E-state index contributed by atoms with van der Waals surface area (Å²) in [5.74, 6) is 0.499. The number of rotatable bonds is 3. The minimum Gasteiger partial charge on any atom is -0.456 e. The van der Waals surface area contributed by atoms with Gasteiger partial charge >= 0.3 is 0 Å². The van der Waals surface area contributed by atoms with Gasteiger partial charge in [-0.1, -0.05) is 146 Å². The van der Waals surface area contributed by atoms with Crippen LogP contribution >= 0.6 is 0 Å². The highest BCUT2D eigenvalue weighted by Crippen LogP contribution is 2.50. The van der Waals surface area contributed by atoms with Crippen LogP contribution in [0, 0.1) is 11.8 Å². The standard InChI is InChI=1S/C52H32O2/c1-2-12-31(13-3-1)34-24-25-41(36-15-5-4-14-35(34)36)51-39-18-8-6-16-37(39)50(38-17-7-9-19-40(38)51)33-23-26-47-44(28-33)45-30-43-32(29-49(45)54-47)22-27-48-52(43)42-20-10-11-21-46(42)53-48/h1-30,35-36H. The van der Waals surface area contributed by atoms with E-state index in [1.54, 1.807) is 0 Å². The Morgan fingerprint density at radius 3 is 1.69 bits per heavy atom. The maximum atomic E-state index is 6.55. The molecule has 0 radical (unpaired) electrons. The molecule has 0 bridgehead atoms. The molecule has 252 valence electrons. The fourth-order valence-electron chi connectivity index (χ4n) is 9.50. The molecular formula is C52H32O2. The monoisotopic (exact) mass is 688 g/mol. The van der Waals surface area contributed by atoms with E-state index in [4.69, 9.17) is 8.83 Å². The summed E-state index contributed by atoms with van der Waals surface area (Å²) in [4.78, 5) is 0. The van der Waals surface area contributed by atoms with Crippen molar-refractivity contribution in [1.29, 1.82) is 0 Å². The number of fused-ring (bicyclic) bond motifs is 11. The molecular weight excluding hydrogens is 657 g/mol. The number of hydrogen-bond donors (Lipinski definition) is 0. The van der Waals surface area contributed by atoms with Gasteiger partial charge in [0.1, 0.15) is 22.3 Å². The van der Waals surface area contributed by atoms with Crippen molar-refractivity contribution < 1.29 is 8.83 Å². The fourth-order valence-corrected chi connectivity index (χ4v) is 9.50. The van der Waals surface area contributed by atoms with Crippen molar-refractivity contribution in [2.45, 2.75) is 0 Å². The molecule has 54 heavy (non-hydrogen) atoms. The molecule has 12 rings (SSSR count). The summed E-state index contributed by atoms with van der Waals surface area (Å²) in [6.07, 6.45) is 13.9. The lowest BCUT2D eigenvalue weighted by Crippen LogP contribution is -2.19. The van der Waals surface area contributed by atoms with E-state index in [1.165, 1.54) is 60.3 Å². The van der Waals surface area contributed by atoms with Gasteiger partial charge in [-0.15, -0.1) is 0 Å². The molecule has 0 N–H and O–H groups in total. The van der Waals surface area contributed by atoms with Gasteiger partial charge in [0.05, 0.1) is 0 Å². The average molecular weight is 689 g/mol. The zero-order valence-corrected chi connectivity index (χ0v) is 29.3. The normalized spacial score (nSPS) is 17.0. The van der Waals surface area contributed by atoms with E-state index in [1.807, 2.05) is 12.1 Å². The number of furan rings is 2. The smallest absolute Gasteiger partial charge is 0.136 e. The summed E-state index contributed by atoms with van der Waals surface area (Å²) in [5.41, 5.74) is 11.3. The average Bonchev–Trinajstić information content (AvgIpc) is 3.79. The lowest BCUT2D eigenvalue weighted by Gasteiger charge is -2.33. The van der Waals surface area contributed by atoms with Crippen LogP contribution in [-0.2, 0) is 0 Å². The highest BCUT2D eigenvalue weighted by molar-refractivity contribution is 6.24. The first-order valence-electron chi connectivity index (χ1n) is 18.8. The fraction of sp³-hybridized carbons (Fsp3) is 0.0385. The van der Waals surface area contributed by atoms with Gasteiger partial charge in [0.15, 0.2) is 0 Å². The van der Waals surface area contributed by atoms with Crippen LogP contribution in [0.5, 0.6) is 0 Å². The Hall–Kier alpha value is -6.90. The third-order valence-electron chi connectivity index (χ3n) is 11.9. The summed E-state index contributed by atoms with van der Waals surface area (Å²) in [6, 6.07) is 52.5. The lowest BCUT2D eigenvalue weighted by atomic mass is 9.70. The van der Waals surface area contributed by atoms with Gasteiger partial charge in [-0.3, -0.25) is 0 Å². The Kier molecular flexibility index (Phi) is 6.20. The third kappa shape index (κ3) is 4.22. The highest BCUT2D eigenvalue weighted by Gasteiger charge is 2.32. The molecule has 8 aromatic carbocycles. The van der Waals surface area contributed by atoms with Crippen molar-refractivity contribution in [2.24, 2.45) is 11.8 Å². The Bertz CT molecular complexity index is 3270. The molecule has 2 heteroatoms. The van der Waals surface area contributed by atoms with Gasteiger partial charge in [-0.2, -0.15) is 0 Å². The Labute approximate surface area is 311 Å². The third-order valence-corrected chi connectivity index (χ3v) is 11.9. The Balaban J connectivity index is 1.10. The first kappa shape index (κ1) is 29.7. The molecule has 0 fully saturated rings. The van der Waals surface area contributed by atoms with Crippen molar-refractivity contribution >= 4 is 87.3 Å². The molecule has 2 nitrogen and oxygen atoms in total. The second-order valence-corrected chi connectivity index (χ2v) is 14.7. The zero-order chi connectivity index (χ0) is 35.3. The van der Waals surface area contributed by atoms with Crippen molar-refractivity contribution in [2.75, 3.05) is 0 Å². The second-order valence-electron chi connectivity index (χ2n) is 14.7. The molecule has 2 aromatic heterocycles. The Morgan fingerprint density at radius 2 is 0.926 bits per heavy atom. The van der Waals surface area contributed by atoms with Crippen LogP contribution in [0.2, 0.25) is 0 Å². The number of hydrogen-bond acceptors (Lipinski definition) is 2. The summed E-state index contributed by atoms with van der Waals surface area (Å²) >= 11 is 0. The molecule has 0 saturated heterocycles. The highest BCUT2D eigenvalue weighted by atomic mass is 16.3. The van der Waals surface area contributed by atoms with Crippen molar-refractivity contribution in [3.8, 4) is 11.1 Å². The van der Waals surface area contributed by atoms with Crippen molar-refractivity contribution in [3.05, 3.63) is 193 Å². The van der Waals surface area contributed by atoms with E-state index in [-0.39, 0.29) is 11.8 Å². The van der Waals surface area contributed by atoms with Crippen LogP contribution in [0.25, 0.3) is 98.5 Å². The van der Waals surface area contributed by atoms with Crippen molar-refractivity contribution in [3.63, 3.8) is 0 Å². The largest absolute Gasteiger partial charge is 0.456 e. The molecule has 2 unspecified atom stereocenters. The van der Waals surface area contributed by atoms with Crippen LogP contribution in [0.3, 0.4) is 0 Å². The van der Waals surface area contributed by atoms with Gasteiger partial charge in [0.2, 0.25) is 0 Å². The van der Waals surface area contributed by atoms with E-state index in [9.17, 15) is 0 Å².